The Hall–Kier alpha value is -2.23. The fraction of sp³-hybridized carbons (Fsp3) is 0.478. The van der Waals surface area contributed by atoms with Crippen molar-refractivity contribution in [2.75, 3.05) is 14.1 Å². The largest absolute Gasteiger partial charge is 0.348 e. The summed E-state index contributed by atoms with van der Waals surface area (Å²) in [6, 6.07) is 9.00. The van der Waals surface area contributed by atoms with Gasteiger partial charge < -0.3 is 9.88 Å². The van der Waals surface area contributed by atoms with E-state index >= 15 is 0 Å². The topological polar surface area (TPSA) is 84.3 Å². The fourth-order valence-corrected chi connectivity index (χ4v) is 5.65. The van der Waals surface area contributed by atoms with Crippen LogP contribution in [0.25, 0.3) is 11.0 Å². The molecule has 7 nitrogen and oxygen atoms in total. The third-order valence-electron chi connectivity index (χ3n) is 5.47. The molecule has 0 aliphatic heterocycles. The second-order valence-corrected chi connectivity index (χ2v) is 12.2. The molecular formula is C23H32N4O3S2. The number of hydrogen-bond donors (Lipinski definition) is 1. The first-order valence-corrected chi connectivity index (χ1v) is 13.0. The molecule has 3 aromatic rings. The lowest BCUT2D eigenvalue weighted by Crippen LogP contribution is -2.36. The summed E-state index contributed by atoms with van der Waals surface area (Å²) in [6.07, 6.45) is 0.787. The van der Waals surface area contributed by atoms with Crippen LogP contribution in [0.1, 0.15) is 50.9 Å². The number of fused-ring (bicyclic) bond motifs is 1. The van der Waals surface area contributed by atoms with Crippen molar-refractivity contribution in [1.82, 2.24) is 19.2 Å². The van der Waals surface area contributed by atoms with Crippen LogP contribution in [-0.2, 0) is 27.8 Å². The molecule has 0 saturated carbocycles. The molecule has 0 spiro atoms. The van der Waals surface area contributed by atoms with Gasteiger partial charge in [-0.3, -0.25) is 4.79 Å². The van der Waals surface area contributed by atoms with E-state index in [1.165, 1.54) is 18.4 Å². The molecule has 0 aliphatic carbocycles. The van der Waals surface area contributed by atoms with Gasteiger partial charge in [-0.15, -0.1) is 11.3 Å². The Bertz CT molecular complexity index is 1190. The molecule has 2 aromatic heterocycles. The maximum Gasteiger partial charge on any atom is 0.242 e. The number of amides is 1. The van der Waals surface area contributed by atoms with Crippen LogP contribution in [0.15, 0.2) is 40.6 Å². The van der Waals surface area contributed by atoms with Gasteiger partial charge in [0, 0.05) is 38.4 Å². The number of carbonyl (C=O) groups excluding carboxylic acids is 1. The Kier molecular flexibility index (Phi) is 7.12. The van der Waals surface area contributed by atoms with Crippen molar-refractivity contribution in [2.24, 2.45) is 5.41 Å². The molecule has 1 atom stereocenters. The Morgan fingerprint density at radius 3 is 2.53 bits per heavy atom. The monoisotopic (exact) mass is 476 g/mol. The van der Waals surface area contributed by atoms with Gasteiger partial charge >= 0.3 is 0 Å². The molecule has 174 valence electrons. The summed E-state index contributed by atoms with van der Waals surface area (Å²) >= 11 is 1.64. The van der Waals surface area contributed by atoms with Crippen molar-refractivity contribution in [3.05, 3.63) is 46.4 Å². The van der Waals surface area contributed by atoms with E-state index in [0.29, 0.717) is 24.9 Å². The molecule has 32 heavy (non-hydrogen) atoms. The summed E-state index contributed by atoms with van der Waals surface area (Å²) in [4.78, 5) is 18.8. The number of hydrogen-bond acceptors (Lipinski definition) is 5. The molecule has 9 heteroatoms. The highest BCUT2D eigenvalue weighted by atomic mass is 32.2. The van der Waals surface area contributed by atoms with Crippen LogP contribution in [0.5, 0.6) is 0 Å². The number of aryl methyl sites for hydroxylation is 2. The highest BCUT2D eigenvalue weighted by Gasteiger charge is 2.28. The average Bonchev–Trinajstić information content (AvgIpc) is 3.36. The molecule has 0 saturated heterocycles. The van der Waals surface area contributed by atoms with E-state index in [1.54, 1.807) is 29.5 Å². The minimum Gasteiger partial charge on any atom is -0.348 e. The lowest BCUT2D eigenvalue weighted by atomic mass is 9.85. The predicted octanol–water partition coefficient (Wildman–Crippen LogP) is 4.20. The van der Waals surface area contributed by atoms with Crippen LogP contribution >= 0.6 is 11.3 Å². The third-order valence-corrected chi connectivity index (χ3v) is 8.22. The van der Waals surface area contributed by atoms with Crippen LogP contribution in [0.4, 0.5) is 0 Å². The maximum absolute atomic E-state index is 12.8. The standard InChI is InChI=1S/C23H32N4O3S2/c1-7-27-18-11-10-16(32(29,30)26(5)6)15-17(18)24-20(27)12-13-21(28)25-22(23(2,3)4)19-9-8-14-31-19/h8-11,14-15,22H,7,12-13H2,1-6H3,(H,25,28). The molecule has 2 heterocycles. The number of imidazole rings is 1. The molecule has 0 radical (unpaired) electrons. The molecule has 0 bridgehead atoms. The summed E-state index contributed by atoms with van der Waals surface area (Å²) in [5.74, 6) is 0.754. The van der Waals surface area contributed by atoms with Crippen molar-refractivity contribution in [1.29, 1.82) is 0 Å². The number of nitrogens with zero attached hydrogens (tertiary/aromatic N) is 3. The van der Waals surface area contributed by atoms with Gasteiger partial charge in [-0.25, -0.2) is 17.7 Å². The quantitative estimate of drug-likeness (QED) is 0.528. The zero-order valence-corrected chi connectivity index (χ0v) is 21.2. The van der Waals surface area contributed by atoms with Gasteiger partial charge in [0.15, 0.2) is 0 Å². The van der Waals surface area contributed by atoms with Gasteiger partial charge in [0.2, 0.25) is 15.9 Å². The summed E-state index contributed by atoms with van der Waals surface area (Å²) in [7, 11) is -0.514. The van der Waals surface area contributed by atoms with E-state index in [1.807, 2.05) is 22.9 Å². The minimum atomic E-state index is -3.53. The molecule has 1 aromatic carbocycles. The number of carbonyl (C=O) groups is 1. The number of aromatic nitrogens is 2. The van der Waals surface area contributed by atoms with E-state index in [-0.39, 0.29) is 22.3 Å². The van der Waals surface area contributed by atoms with Gasteiger partial charge in [-0.05, 0) is 42.0 Å². The predicted molar refractivity (Wildman–Crippen MR) is 129 cm³/mol. The zero-order valence-electron chi connectivity index (χ0n) is 19.5. The summed E-state index contributed by atoms with van der Waals surface area (Å²) in [5, 5.41) is 5.21. The van der Waals surface area contributed by atoms with Crippen molar-refractivity contribution >= 4 is 38.3 Å². The van der Waals surface area contributed by atoms with Crippen LogP contribution in [0.2, 0.25) is 0 Å². The Balaban J connectivity index is 1.80. The number of nitrogens with one attached hydrogen (secondary N) is 1. The smallest absolute Gasteiger partial charge is 0.242 e. The lowest BCUT2D eigenvalue weighted by Gasteiger charge is -2.30. The van der Waals surface area contributed by atoms with Crippen molar-refractivity contribution in [2.45, 2.75) is 58.0 Å². The molecule has 1 unspecified atom stereocenters. The van der Waals surface area contributed by atoms with Crippen molar-refractivity contribution in [3.63, 3.8) is 0 Å². The first-order valence-electron chi connectivity index (χ1n) is 10.7. The van der Waals surface area contributed by atoms with Crippen LogP contribution in [0, 0.1) is 5.41 Å². The third kappa shape index (κ3) is 5.05. The first-order chi connectivity index (χ1) is 14.9. The summed E-state index contributed by atoms with van der Waals surface area (Å²) < 4.78 is 28.2. The second-order valence-electron chi connectivity index (χ2n) is 9.09. The van der Waals surface area contributed by atoms with Gasteiger partial charge in [0.1, 0.15) is 5.82 Å². The Morgan fingerprint density at radius 1 is 1.25 bits per heavy atom. The van der Waals surface area contributed by atoms with Gasteiger partial charge in [-0.2, -0.15) is 0 Å². The van der Waals surface area contributed by atoms with Gasteiger partial charge in [0.25, 0.3) is 0 Å². The van der Waals surface area contributed by atoms with E-state index in [9.17, 15) is 13.2 Å². The highest BCUT2D eigenvalue weighted by Crippen LogP contribution is 2.35. The first kappa shape index (κ1) is 24.4. The number of rotatable bonds is 8. The van der Waals surface area contributed by atoms with E-state index < -0.39 is 10.0 Å². The number of benzene rings is 1. The number of sulfonamides is 1. The van der Waals surface area contributed by atoms with Crippen molar-refractivity contribution < 1.29 is 13.2 Å². The SMILES string of the molecule is CCn1c(CCC(=O)NC(c2cccs2)C(C)(C)C)nc2cc(S(=O)(=O)N(C)C)ccc21. The number of thiophene rings is 1. The molecule has 1 N–H and O–H groups in total. The molecule has 0 fully saturated rings. The van der Waals surface area contributed by atoms with Crippen molar-refractivity contribution in [3.8, 4) is 0 Å². The minimum absolute atomic E-state index is 0.0242. The normalized spacial score (nSPS) is 13.6. The maximum atomic E-state index is 12.8. The van der Waals surface area contributed by atoms with Crippen LogP contribution < -0.4 is 5.32 Å². The lowest BCUT2D eigenvalue weighted by molar-refractivity contribution is -0.122. The molecule has 3 rings (SSSR count). The summed E-state index contributed by atoms with van der Waals surface area (Å²) in [6.45, 7) is 9.06. The van der Waals surface area contributed by atoms with Gasteiger partial charge in [0.05, 0.1) is 22.0 Å². The second kappa shape index (κ2) is 9.33. The fourth-order valence-electron chi connectivity index (χ4n) is 3.70. The Morgan fingerprint density at radius 2 is 1.97 bits per heavy atom. The van der Waals surface area contributed by atoms with E-state index in [2.05, 4.69) is 37.1 Å². The van der Waals surface area contributed by atoms with Gasteiger partial charge in [-0.1, -0.05) is 26.8 Å². The van der Waals surface area contributed by atoms with E-state index in [4.69, 9.17) is 0 Å². The van der Waals surface area contributed by atoms with Crippen LogP contribution in [0.3, 0.4) is 0 Å². The molecule has 1 amide bonds. The zero-order chi connectivity index (χ0) is 23.7. The average molecular weight is 477 g/mol. The highest BCUT2D eigenvalue weighted by molar-refractivity contribution is 7.89. The Labute approximate surface area is 194 Å². The summed E-state index contributed by atoms with van der Waals surface area (Å²) in [5.41, 5.74) is 1.38. The molecule has 0 aliphatic rings. The molecular weight excluding hydrogens is 444 g/mol. The van der Waals surface area contributed by atoms with E-state index in [0.717, 1.165) is 16.2 Å². The van der Waals surface area contributed by atoms with Crippen LogP contribution in [-0.4, -0.2) is 42.3 Å².